The van der Waals surface area contributed by atoms with Crippen molar-refractivity contribution >= 4 is 23.0 Å². The van der Waals surface area contributed by atoms with Crippen molar-refractivity contribution in [3.63, 3.8) is 0 Å². The van der Waals surface area contributed by atoms with Crippen molar-refractivity contribution in [1.29, 1.82) is 0 Å². The number of benzene rings is 2. The zero-order valence-corrected chi connectivity index (χ0v) is 13.0. The summed E-state index contributed by atoms with van der Waals surface area (Å²) in [6.45, 7) is 4.13. The van der Waals surface area contributed by atoms with E-state index < -0.39 is 0 Å². The first-order chi connectivity index (χ1) is 9.49. The quantitative estimate of drug-likeness (QED) is 0.908. The summed E-state index contributed by atoms with van der Waals surface area (Å²) in [5.74, 6) is 0. The van der Waals surface area contributed by atoms with Gasteiger partial charge in [-0.05, 0) is 55.7 Å². The van der Waals surface area contributed by atoms with E-state index in [4.69, 9.17) is 17.3 Å². The fourth-order valence-electron chi connectivity index (χ4n) is 2.46. The van der Waals surface area contributed by atoms with Gasteiger partial charge in [0.2, 0.25) is 0 Å². The van der Waals surface area contributed by atoms with E-state index in [0.717, 1.165) is 17.1 Å². The van der Waals surface area contributed by atoms with E-state index in [1.54, 1.807) is 0 Å². The average Bonchev–Trinajstić information content (AvgIpc) is 2.38. The molecule has 20 heavy (non-hydrogen) atoms. The third-order valence-corrected chi connectivity index (χ3v) is 3.66. The Morgan fingerprint density at radius 3 is 2.50 bits per heavy atom. The van der Waals surface area contributed by atoms with E-state index >= 15 is 0 Å². The molecule has 1 atom stereocenters. The minimum atomic E-state index is 0.109. The average molecular weight is 289 g/mol. The first-order valence-corrected chi connectivity index (χ1v) is 7.20. The van der Waals surface area contributed by atoms with Crippen LogP contribution in [0, 0.1) is 6.92 Å². The molecule has 0 saturated heterocycles. The molecule has 2 rings (SSSR count). The molecule has 0 aromatic heterocycles. The van der Waals surface area contributed by atoms with Gasteiger partial charge in [-0.2, -0.15) is 0 Å². The fraction of sp³-hybridized carbons (Fsp3) is 0.294. The van der Waals surface area contributed by atoms with Crippen LogP contribution in [0.25, 0.3) is 0 Å². The van der Waals surface area contributed by atoms with Crippen LogP contribution < -0.4 is 10.6 Å². The number of nitrogens with zero attached hydrogens (tertiary/aromatic N) is 1. The van der Waals surface area contributed by atoms with E-state index in [9.17, 15) is 0 Å². The minimum absolute atomic E-state index is 0.109. The molecule has 0 radical (unpaired) electrons. The predicted molar refractivity (Wildman–Crippen MR) is 88.0 cm³/mol. The lowest BCUT2D eigenvalue weighted by molar-refractivity contribution is 0.737. The molecule has 0 heterocycles. The SMILES string of the molecule is Cc1ccccc1N(C)c1ccc(Cl)cc1CC(C)N. The van der Waals surface area contributed by atoms with Crippen molar-refractivity contribution < 1.29 is 0 Å². The maximum atomic E-state index is 6.12. The third kappa shape index (κ3) is 3.33. The third-order valence-electron chi connectivity index (χ3n) is 3.42. The molecule has 2 N–H and O–H groups in total. The summed E-state index contributed by atoms with van der Waals surface area (Å²) < 4.78 is 0. The van der Waals surface area contributed by atoms with Gasteiger partial charge in [-0.3, -0.25) is 0 Å². The molecule has 0 saturated carbocycles. The highest BCUT2D eigenvalue weighted by atomic mass is 35.5. The highest BCUT2D eigenvalue weighted by Crippen LogP contribution is 2.31. The van der Waals surface area contributed by atoms with Gasteiger partial charge in [0, 0.05) is 29.5 Å². The van der Waals surface area contributed by atoms with Crippen LogP contribution in [0.15, 0.2) is 42.5 Å². The number of halogens is 1. The monoisotopic (exact) mass is 288 g/mol. The van der Waals surface area contributed by atoms with Gasteiger partial charge in [0.15, 0.2) is 0 Å². The molecule has 0 spiro atoms. The van der Waals surface area contributed by atoms with E-state index in [2.05, 4.69) is 49.2 Å². The number of hydrogen-bond donors (Lipinski definition) is 1. The number of anilines is 2. The molecule has 2 aromatic carbocycles. The fourth-order valence-corrected chi connectivity index (χ4v) is 2.66. The standard InChI is InChI=1S/C17H21ClN2/c1-12-6-4-5-7-16(12)20(3)17-9-8-15(18)11-14(17)10-13(2)19/h4-9,11,13H,10,19H2,1-3H3. The highest BCUT2D eigenvalue weighted by molar-refractivity contribution is 6.30. The van der Waals surface area contributed by atoms with Gasteiger partial charge in [0.25, 0.3) is 0 Å². The van der Waals surface area contributed by atoms with Gasteiger partial charge in [-0.25, -0.2) is 0 Å². The Morgan fingerprint density at radius 1 is 1.15 bits per heavy atom. The first-order valence-electron chi connectivity index (χ1n) is 6.82. The Bertz CT molecular complexity index is 593. The Labute approximate surface area is 126 Å². The summed E-state index contributed by atoms with van der Waals surface area (Å²) in [6, 6.07) is 14.5. The lowest BCUT2D eigenvalue weighted by atomic mass is 10.0. The van der Waals surface area contributed by atoms with Crippen LogP contribution in [0.2, 0.25) is 5.02 Å². The van der Waals surface area contributed by atoms with Crippen LogP contribution in [-0.2, 0) is 6.42 Å². The second-order valence-corrected chi connectivity index (χ2v) is 5.74. The maximum Gasteiger partial charge on any atom is 0.0442 e. The maximum absolute atomic E-state index is 6.12. The number of aryl methyl sites for hydroxylation is 1. The lowest BCUT2D eigenvalue weighted by Crippen LogP contribution is -2.20. The van der Waals surface area contributed by atoms with Crippen molar-refractivity contribution in [2.45, 2.75) is 26.3 Å². The number of hydrogen-bond acceptors (Lipinski definition) is 2. The summed E-state index contributed by atoms with van der Waals surface area (Å²) in [5.41, 5.74) is 10.7. The Hall–Kier alpha value is -1.51. The van der Waals surface area contributed by atoms with Crippen LogP contribution in [0.5, 0.6) is 0 Å². The first kappa shape index (κ1) is 14.9. The molecule has 106 valence electrons. The van der Waals surface area contributed by atoms with Gasteiger partial charge in [-0.15, -0.1) is 0 Å². The Kier molecular flexibility index (Phi) is 4.69. The second kappa shape index (κ2) is 6.29. The topological polar surface area (TPSA) is 29.3 Å². The number of nitrogens with two attached hydrogens (primary N) is 1. The molecule has 2 nitrogen and oxygen atoms in total. The van der Waals surface area contributed by atoms with E-state index in [1.165, 1.54) is 16.8 Å². The molecule has 0 fully saturated rings. The van der Waals surface area contributed by atoms with Crippen LogP contribution in [0.3, 0.4) is 0 Å². The number of para-hydroxylation sites is 1. The molecular formula is C17H21ClN2. The van der Waals surface area contributed by atoms with Crippen molar-refractivity contribution in [3.8, 4) is 0 Å². The van der Waals surface area contributed by atoms with Crippen LogP contribution in [-0.4, -0.2) is 13.1 Å². The second-order valence-electron chi connectivity index (χ2n) is 5.30. The van der Waals surface area contributed by atoms with Gasteiger partial charge < -0.3 is 10.6 Å². The summed E-state index contributed by atoms with van der Waals surface area (Å²) in [5, 5.41) is 0.752. The lowest BCUT2D eigenvalue weighted by Gasteiger charge is -2.25. The van der Waals surface area contributed by atoms with Gasteiger partial charge in [-0.1, -0.05) is 29.8 Å². The summed E-state index contributed by atoms with van der Waals surface area (Å²) in [6.07, 6.45) is 0.812. The van der Waals surface area contributed by atoms with Gasteiger partial charge >= 0.3 is 0 Å². The van der Waals surface area contributed by atoms with E-state index in [0.29, 0.717) is 0 Å². The summed E-state index contributed by atoms with van der Waals surface area (Å²) in [4.78, 5) is 2.20. The molecule has 0 aliphatic heterocycles. The highest BCUT2D eigenvalue weighted by Gasteiger charge is 2.12. The van der Waals surface area contributed by atoms with Crippen molar-refractivity contribution in [1.82, 2.24) is 0 Å². The Balaban J connectivity index is 2.44. The zero-order valence-electron chi connectivity index (χ0n) is 12.2. The summed E-state index contributed by atoms with van der Waals surface area (Å²) in [7, 11) is 2.08. The number of rotatable bonds is 4. The van der Waals surface area contributed by atoms with Gasteiger partial charge in [0.1, 0.15) is 0 Å². The smallest absolute Gasteiger partial charge is 0.0442 e. The van der Waals surface area contributed by atoms with Crippen LogP contribution in [0.4, 0.5) is 11.4 Å². The molecule has 1 unspecified atom stereocenters. The Morgan fingerprint density at radius 2 is 1.85 bits per heavy atom. The van der Waals surface area contributed by atoms with Crippen molar-refractivity contribution in [3.05, 3.63) is 58.6 Å². The molecule has 0 aliphatic carbocycles. The van der Waals surface area contributed by atoms with E-state index in [-0.39, 0.29) is 6.04 Å². The molecule has 0 amide bonds. The summed E-state index contributed by atoms with van der Waals surface area (Å²) >= 11 is 6.12. The molecule has 3 heteroatoms. The molecule has 0 bridgehead atoms. The molecule has 2 aromatic rings. The van der Waals surface area contributed by atoms with Crippen molar-refractivity contribution in [2.24, 2.45) is 5.73 Å². The van der Waals surface area contributed by atoms with Crippen LogP contribution in [0.1, 0.15) is 18.1 Å². The van der Waals surface area contributed by atoms with E-state index in [1.807, 2.05) is 19.1 Å². The van der Waals surface area contributed by atoms with Gasteiger partial charge in [0.05, 0.1) is 0 Å². The van der Waals surface area contributed by atoms with Crippen LogP contribution >= 0.6 is 11.6 Å². The molecule has 0 aliphatic rings. The normalized spacial score (nSPS) is 12.2. The minimum Gasteiger partial charge on any atom is -0.344 e. The predicted octanol–water partition coefficient (Wildman–Crippen LogP) is 4.31. The molecular weight excluding hydrogens is 268 g/mol. The largest absolute Gasteiger partial charge is 0.344 e. The zero-order chi connectivity index (χ0) is 14.7. The van der Waals surface area contributed by atoms with Crippen molar-refractivity contribution in [2.75, 3.05) is 11.9 Å².